The lowest BCUT2D eigenvalue weighted by atomic mass is 9.89. The topological polar surface area (TPSA) is 46.6 Å². The molecule has 3 heterocycles. The first kappa shape index (κ1) is 25.8. The smallest absolute Gasteiger partial charge is 0.346 e. The van der Waals surface area contributed by atoms with Gasteiger partial charge in [0.15, 0.2) is 0 Å². The number of carbonyl (C=O) groups excluding carboxylic acids is 1. The van der Waals surface area contributed by atoms with Crippen molar-refractivity contribution in [3.63, 3.8) is 0 Å². The van der Waals surface area contributed by atoms with Gasteiger partial charge in [0.25, 0.3) is 0 Å². The van der Waals surface area contributed by atoms with Gasteiger partial charge in [0.2, 0.25) is 0 Å². The summed E-state index contributed by atoms with van der Waals surface area (Å²) in [5.74, 6) is -0.685. The van der Waals surface area contributed by atoms with E-state index in [9.17, 15) is 18.8 Å². The van der Waals surface area contributed by atoms with Crippen LogP contribution in [0.25, 0.3) is 0 Å². The first-order chi connectivity index (χ1) is 17.4. The van der Waals surface area contributed by atoms with Crippen LogP contribution in [0.4, 0.5) is 20.2 Å². The van der Waals surface area contributed by atoms with Gasteiger partial charge in [0.05, 0.1) is 12.1 Å². The summed E-state index contributed by atoms with van der Waals surface area (Å²) in [5, 5.41) is 13.2. The number of likely N-dealkylation sites (tertiary alicyclic amines) is 1. The Kier molecular flexibility index (Phi) is 7.07. The molecule has 0 radical (unpaired) electrons. The number of halogens is 3. The molecule has 0 saturated carbocycles. The molecule has 0 aliphatic carbocycles. The minimum atomic E-state index is -0.788. The molecule has 0 N–H and O–H groups in total. The molecule has 3 aromatic carbocycles. The molecule has 1 fully saturated rings. The second-order valence-electron chi connectivity index (χ2n) is 10.3. The number of amides is 1. The van der Waals surface area contributed by atoms with Gasteiger partial charge in [-0.2, -0.15) is 0 Å². The molecule has 3 aliphatic rings. The fourth-order valence-corrected chi connectivity index (χ4v) is 6.29. The summed E-state index contributed by atoms with van der Waals surface area (Å²) in [6.45, 7) is 3.06. The lowest BCUT2D eigenvalue weighted by Crippen LogP contribution is -2.45. The van der Waals surface area contributed by atoms with Crippen LogP contribution in [0.2, 0.25) is 0 Å². The van der Waals surface area contributed by atoms with Gasteiger partial charge >= 0.3 is 5.91 Å². The largest absolute Gasteiger partial charge is 0.625 e. The summed E-state index contributed by atoms with van der Waals surface area (Å²) in [7, 11) is 0. The van der Waals surface area contributed by atoms with E-state index in [1.165, 1.54) is 18.2 Å². The molecule has 1 saturated heterocycles. The van der Waals surface area contributed by atoms with E-state index in [0.717, 1.165) is 55.0 Å². The molecule has 8 heteroatoms. The molecule has 37 heavy (non-hydrogen) atoms. The number of piperidine rings is 1. The minimum Gasteiger partial charge on any atom is -0.625 e. The Morgan fingerprint density at radius 3 is 2.51 bits per heavy atom. The van der Waals surface area contributed by atoms with Crippen LogP contribution in [-0.4, -0.2) is 47.7 Å². The average molecular weight is 526 g/mol. The van der Waals surface area contributed by atoms with Crippen molar-refractivity contribution < 1.29 is 18.2 Å². The summed E-state index contributed by atoms with van der Waals surface area (Å²) >= 11 is 0. The van der Waals surface area contributed by atoms with E-state index in [0.29, 0.717) is 18.5 Å². The SMILES string of the molecule is Cl.O=C1c2ccccc2C[N+]1([O-])CCCCN1CC[C@@H]2[C@@H](C1)c1cc(F)ccc1N2c1ccc(F)cc1. The van der Waals surface area contributed by atoms with Crippen molar-refractivity contribution in [3.8, 4) is 0 Å². The summed E-state index contributed by atoms with van der Waals surface area (Å²) < 4.78 is 27.0. The Hall–Kier alpha value is -2.84. The zero-order valence-electron chi connectivity index (χ0n) is 20.5. The van der Waals surface area contributed by atoms with E-state index in [2.05, 4.69) is 9.80 Å². The second-order valence-corrected chi connectivity index (χ2v) is 10.3. The fraction of sp³-hybridized carbons (Fsp3) is 0.345. The molecule has 0 bridgehead atoms. The van der Waals surface area contributed by atoms with Crippen molar-refractivity contribution in [1.29, 1.82) is 0 Å². The van der Waals surface area contributed by atoms with Gasteiger partial charge in [-0.25, -0.2) is 13.6 Å². The van der Waals surface area contributed by atoms with Crippen LogP contribution >= 0.6 is 12.4 Å². The zero-order chi connectivity index (χ0) is 24.9. The third kappa shape index (κ3) is 4.66. The molecule has 3 aliphatic heterocycles. The zero-order valence-corrected chi connectivity index (χ0v) is 21.3. The molecule has 6 rings (SSSR count). The summed E-state index contributed by atoms with van der Waals surface area (Å²) in [5.41, 5.74) is 4.32. The van der Waals surface area contributed by atoms with E-state index in [4.69, 9.17) is 0 Å². The highest BCUT2D eigenvalue weighted by molar-refractivity contribution is 5.92. The van der Waals surface area contributed by atoms with E-state index in [1.54, 1.807) is 30.3 Å². The lowest BCUT2D eigenvalue weighted by molar-refractivity contribution is -0.807. The standard InChI is InChI=1S/C29H29F2N3O2.ClH/c30-21-7-10-23(11-8-21)33-27-12-9-22(31)17-25(27)26-18-32(15-13-28(26)33)14-3-4-16-34(36)19-20-5-1-2-6-24(20)29(34)35;/h1-2,5-12,17,26,28H,3-4,13-16,18-19H2;1H/t26-,28+,34?;/m0./s1. The van der Waals surface area contributed by atoms with Crippen molar-refractivity contribution in [2.75, 3.05) is 31.1 Å². The van der Waals surface area contributed by atoms with Crippen LogP contribution < -0.4 is 4.90 Å². The molecule has 3 aromatic rings. The third-order valence-corrected chi connectivity index (χ3v) is 8.03. The van der Waals surface area contributed by atoms with Crippen LogP contribution in [0, 0.1) is 16.8 Å². The van der Waals surface area contributed by atoms with Crippen LogP contribution in [-0.2, 0) is 6.54 Å². The van der Waals surface area contributed by atoms with Gasteiger partial charge < -0.3 is 15.0 Å². The van der Waals surface area contributed by atoms with Crippen molar-refractivity contribution in [2.24, 2.45) is 0 Å². The van der Waals surface area contributed by atoms with Gasteiger partial charge in [0.1, 0.15) is 18.2 Å². The second kappa shape index (κ2) is 10.1. The summed E-state index contributed by atoms with van der Waals surface area (Å²) in [6.07, 6.45) is 2.43. The lowest BCUT2D eigenvalue weighted by Gasteiger charge is -2.39. The average Bonchev–Trinajstić information content (AvgIpc) is 3.33. The number of quaternary nitrogens is 1. The molecule has 0 aromatic heterocycles. The van der Waals surface area contributed by atoms with E-state index >= 15 is 0 Å². The maximum Gasteiger partial charge on any atom is 0.346 e. The summed E-state index contributed by atoms with van der Waals surface area (Å²) in [4.78, 5) is 17.3. The molecule has 1 unspecified atom stereocenters. The van der Waals surface area contributed by atoms with Gasteiger partial charge in [-0.3, -0.25) is 4.65 Å². The van der Waals surface area contributed by atoms with Crippen molar-refractivity contribution in [2.45, 2.75) is 37.8 Å². The number of rotatable bonds is 6. The molecule has 3 atom stereocenters. The maximum atomic E-state index is 14.2. The molecule has 194 valence electrons. The van der Waals surface area contributed by atoms with Crippen LogP contribution in [0.15, 0.2) is 66.7 Å². The van der Waals surface area contributed by atoms with E-state index in [1.807, 2.05) is 18.2 Å². The molecule has 5 nitrogen and oxygen atoms in total. The van der Waals surface area contributed by atoms with Gasteiger partial charge in [0, 0.05) is 42.0 Å². The fourth-order valence-electron chi connectivity index (χ4n) is 6.29. The summed E-state index contributed by atoms with van der Waals surface area (Å²) in [6, 6.07) is 19.0. The number of hydrogen-bond donors (Lipinski definition) is 0. The molecule has 1 amide bonds. The molecular formula is C29H30ClF2N3O2. The third-order valence-electron chi connectivity index (χ3n) is 8.03. The Morgan fingerprint density at radius 2 is 1.73 bits per heavy atom. The predicted octanol–water partition coefficient (Wildman–Crippen LogP) is 6.15. The number of nitrogens with zero attached hydrogens (tertiary/aromatic N) is 3. The molecular weight excluding hydrogens is 496 g/mol. The number of fused-ring (bicyclic) bond motifs is 4. The number of anilines is 2. The highest BCUT2D eigenvalue weighted by Gasteiger charge is 2.43. The van der Waals surface area contributed by atoms with Crippen LogP contribution in [0.5, 0.6) is 0 Å². The first-order valence-corrected chi connectivity index (χ1v) is 12.7. The van der Waals surface area contributed by atoms with Crippen molar-refractivity contribution >= 4 is 29.7 Å². The van der Waals surface area contributed by atoms with E-state index in [-0.39, 0.29) is 48.5 Å². The number of benzene rings is 3. The number of unbranched alkanes of at least 4 members (excludes halogenated alkanes) is 1. The molecule has 0 spiro atoms. The minimum absolute atomic E-state index is 0. The highest BCUT2D eigenvalue weighted by Crippen LogP contribution is 2.48. The Morgan fingerprint density at radius 1 is 0.973 bits per heavy atom. The van der Waals surface area contributed by atoms with Gasteiger partial charge in [-0.05, 0) is 79.9 Å². The highest BCUT2D eigenvalue weighted by atomic mass is 35.5. The Labute approximate surface area is 221 Å². The quantitative estimate of drug-likeness (QED) is 0.220. The Balaban J connectivity index is 0.00000280. The van der Waals surface area contributed by atoms with Gasteiger partial charge in [-0.1, -0.05) is 18.2 Å². The van der Waals surface area contributed by atoms with E-state index < -0.39 is 4.65 Å². The van der Waals surface area contributed by atoms with Crippen LogP contribution in [0.1, 0.15) is 46.7 Å². The van der Waals surface area contributed by atoms with Crippen molar-refractivity contribution in [3.05, 3.63) is 100 Å². The van der Waals surface area contributed by atoms with Gasteiger partial charge in [-0.15, -0.1) is 12.4 Å². The number of hydrogen-bond acceptors (Lipinski definition) is 4. The van der Waals surface area contributed by atoms with Crippen LogP contribution in [0.3, 0.4) is 0 Å². The number of carbonyl (C=O) groups is 1. The monoisotopic (exact) mass is 525 g/mol. The predicted molar refractivity (Wildman–Crippen MR) is 142 cm³/mol. The normalized spacial score (nSPS) is 24.4. The van der Waals surface area contributed by atoms with Crippen molar-refractivity contribution in [1.82, 2.24) is 4.90 Å². The number of hydroxylamine groups is 3. The first-order valence-electron chi connectivity index (χ1n) is 12.7. The Bertz CT molecular complexity index is 1300. The maximum absolute atomic E-state index is 14.2.